The number of H-pyrrole nitrogens is 3. The van der Waals surface area contributed by atoms with E-state index < -0.39 is 0 Å². The molecule has 1 aromatic carbocycles. The van der Waals surface area contributed by atoms with Crippen molar-refractivity contribution in [3.05, 3.63) is 77.6 Å². The van der Waals surface area contributed by atoms with Gasteiger partial charge in [0.05, 0.1) is 11.5 Å². The smallest absolute Gasteiger partial charge is 0.333 e. The Morgan fingerprint density at radius 3 is 2.71 bits per heavy atom. The van der Waals surface area contributed by atoms with E-state index in [2.05, 4.69) is 21.0 Å². The third-order valence-corrected chi connectivity index (χ3v) is 4.05. The molecule has 3 heterocycles. The van der Waals surface area contributed by atoms with Crippen LogP contribution in [0, 0.1) is 11.3 Å². The van der Waals surface area contributed by atoms with Gasteiger partial charge in [-0.05, 0) is 18.2 Å². The number of aromatic amines is 3. The van der Waals surface area contributed by atoms with Crippen molar-refractivity contribution in [3.8, 4) is 23.3 Å². The summed E-state index contributed by atoms with van der Waals surface area (Å²) in [7, 11) is 0. The number of hydrogen-bond donors (Lipinski definition) is 2. The molecule has 6 heteroatoms. The Labute approximate surface area is 138 Å². The van der Waals surface area contributed by atoms with Crippen LogP contribution in [-0.2, 0) is 0 Å². The van der Waals surface area contributed by atoms with Gasteiger partial charge in [-0.15, -0.1) is 0 Å². The summed E-state index contributed by atoms with van der Waals surface area (Å²) in [6.07, 6.45) is 3.67. The third-order valence-electron chi connectivity index (χ3n) is 4.05. The average molecular weight is 317 g/mol. The monoisotopic (exact) mass is 317 g/mol. The highest BCUT2D eigenvalue weighted by Gasteiger charge is 2.38. The number of benzene rings is 1. The number of allylic oxidation sites excluding steroid dienone is 1. The molecule has 6 nitrogen and oxygen atoms in total. The molecule has 1 unspecified atom stereocenters. The lowest BCUT2D eigenvalue weighted by molar-refractivity contribution is -0.379. The van der Waals surface area contributed by atoms with Gasteiger partial charge in [0.1, 0.15) is 11.6 Å². The lowest BCUT2D eigenvalue weighted by Crippen LogP contribution is -2.24. The molecule has 0 radical (unpaired) electrons. The van der Waals surface area contributed by atoms with Gasteiger partial charge in [-0.3, -0.25) is 0 Å². The summed E-state index contributed by atoms with van der Waals surface area (Å²) in [5, 5.41) is 9.54. The number of rotatable bonds is 2. The Morgan fingerprint density at radius 1 is 1.17 bits per heavy atom. The van der Waals surface area contributed by atoms with Crippen molar-refractivity contribution in [1.29, 1.82) is 5.26 Å². The molecular weight excluding hydrogens is 302 g/mol. The van der Waals surface area contributed by atoms with Crippen LogP contribution < -0.4 is 20.4 Å². The molecule has 0 spiro atoms. The van der Waals surface area contributed by atoms with E-state index in [1.807, 2.05) is 54.9 Å². The summed E-state index contributed by atoms with van der Waals surface area (Å²) in [6, 6.07) is 15.9. The van der Waals surface area contributed by atoms with Gasteiger partial charge in [0.15, 0.2) is 12.4 Å². The molecule has 4 rings (SSSR count). The number of nitrogens with two attached hydrogens (primary N) is 1. The highest BCUT2D eigenvalue weighted by molar-refractivity contribution is 5.56. The fourth-order valence-electron chi connectivity index (χ4n) is 2.93. The van der Waals surface area contributed by atoms with Crippen molar-refractivity contribution in [3.63, 3.8) is 0 Å². The molecule has 0 amide bonds. The van der Waals surface area contributed by atoms with Gasteiger partial charge in [0.2, 0.25) is 11.6 Å². The number of hydrogen-bond acceptors (Lipinski definition) is 3. The fourth-order valence-corrected chi connectivity index (χ4v) is 2.93. The average Bonchev–Trinajstić information content (AvgIpc) is 3.05. The Bertz CT molecular complexity index is 954. The normalized spacial score (nSPS) is 16.2. The number of fused-ring (bicyclic) bond motifs is 1. The second-order valence-corrected chi connectivity index (χ2v) is 5.50. The second kappa shape index (κ2) is 5.56. The van der Waals surface area contributed by atoms with Crippen LogP contribution in [0.25, 0.3) is 11.4 Å². The van der Waals surface area contributed by atoms with Crippen LogP contribution in [0.15, 0.2) is 66.3 Å². The van der Waals surface area contributed by atoms with E-state index in [0.717, 1.165) is 22.6 Å². The Balaban J connectivity index is 1.88. The number of ether oxygens (including phenoxy) is 1. The van der Waals surface area contributed by atoms with Gasteiger partial charge >= 0.3 is 5.88 Å². The highest BCUT2D eigenvalue weighted by atomic mass is 16.5. The Morgan fingerprint density at radius 2 is 2.00 bits per heavy atom. The van der Waals surface area contributed by atoms with Crippen LogP contribution in [0.1, 0.15) is 17.2 Å². The lowest BCUT2D eigenvalue weighted by Gasteiger charge is -2.18. The minimum atomic E-state index is -0.315. The van der Waals surface area contributed by atoms with Gasteiger partial charge in [-0.25, -0.2) is 15.0 Å². The Kier molecular flexibility index (Phi) is 3.25. The predicted octanol–water partition coefficient (Wildman–Crippen LogP) is 1.53. The first-order chi connectivity index (χ1) is 11.8. The second-order valence-electron chi connectivity index (χ2n) is 5.50. The molecule has 1 aliphatic heterocycles. The van der Waals surface area contributed by atoms with Crippen molar-refractivity contribution in [2.24, 2.45) is 5.73 Å². The van der Waals surface area contributed by atoms with E-state index in [0.29, 0.717) is 11.5 Å². The van der Waals surface area contributed by atoms with Crippen molar-refractivity contribution in [1.82, 2.24) is 4.98 Å². The van der Waals surface area contributed by atoms with Crippen LogP contribution >= 0.6 is 0 Å². The molecule has 0 fully saturated rings. The van der Waals surface area contributed by atoms with E-state index >= 15 is 0 Å². The number of aromatic nitrogens is 3. The van der Waals surface area contributed by atoms with Crippen LogP contribution in [0.3, 0.4) is 0 Å². The van der Waals surface area contributed by atoms with Gasteiger partial charge in [0.25, 0.3) is 5.82 Å². The first kappa shape index (κ1) is 14.0. The summed E-state index contributed by atoms with van der Waals surface area (Å²) in [5.41, 5.74) is 9.05. The maximum Gasteiger partial charge on any atom is 0.333 e. The van der Waals surface area contributed by atoms with Gasteiger partial charge in [-0.2, -0.15) is 5.26 Å². The number of pyridine rings is 1. The molecule has 1 aliphatic rings. The molecule has 0 saturated heterocycles. The molecule has 0 saturated carbocycles. The zero-order chi connectivity index (χ0) is 16.5. The maximum atomic E-state index is 9.54. The lowest BCUT2D eigenvalue weighted by atomic mass is 9.89. The topological polar surface area (TPSA) is 103 Å². The quantitative estimate of drug-likeness (QED) is 0.749. The van der Waals surface area contributed by atoms with Gasteiger partial charge in [-0.1, -0.05) is 18.2 Å². The summed E-state index contributed by atoms with van der Waals surface area (Å²) in [6.45, 7) is 0. The van der Waals surface area contributed by atoms with E-state index in [9.17, 15) is 5.26 Å². The number of nitriles is 1. The molecule has 0 bridgehead atoms. The molecular formula is C18H15N5O+2. The van der Waals surface area contributed by atoms with Crippen molar-refractivity contribution < 1.29 is 14.7 Å². The van der Waals surface area contributed by atoms with Crippen LogP contribution in [0.2, 0.25) is 0 Å². The van der Waals surface area contributed by atoms with E-state index in [1.54, 1.807) is 0 Å². The van der Waals surface area contributed by atoms with Crippen molar-refractivity contribution >= 4 is 0 Å². The predicted molar refractivity (Wildman–Crippen MR) is 85.1 cm³/mol. The maximum absolute atomic E-state index is 9.54. The van der Waals surface area contributed by atoms with Crippen molar-refractivity contribution in [2.45, 2.75) is 5.92 Å². The molecule has 24 heavy (non-hydrogen) atoms. The largest absolute Gasteiger partial charge is 0.403 e. The zero-order valence-corrected chi connectivity index (χ0v) is 12.7. The van der Waals surface area contributed by atoms with E-state index in [4.69, 9.17) is 10.5 Å². The number of nitrogens with one attached hydrogen (secondary N) is 3. The Hall–Kier alpha value is -3.59. The van der Waals surface area contributed by atoms with Crippen LogP contribution in [-0.4, -0.2) is 4.98 Å². The summed E-state index contributed by atoms with van der Waals surface area (Å²) < 4.78 is 5.63. The standard InChI is InChI=1S/C18H13N5O/c19-9-13-14(12-7-4-8-21-10-12)15-18(24-16(13)20)23-17(22-15)11-5-2-1-3-6-11/h1-8,10,14H,20H2,(H,22,23)/p+2. The van der Waals surface area contributed by atoms with Crippen molar-refractivity contribution in [2.75, 3.05) is 0 Å². The third kappa shape index (κ3) is 2.20. The zero-order valence-electron chi connectivity index (χ0n) is 12.7. The molecule has 5 N–H and O–H groups in total. The van der Waals surface area contributed by atoms with E-state index in [1.165, 1.54) is 0 Å². The molecule has 3 aromatic rings. The van der Waals surface area contributed by atoms with Crippen LogP contribution in [0.4, 0.5) is 0 Å². The molecule has 2 aromatic heterocycles. The highest BCUT2D eigenvalue weighted by Crippen LogP contribution is 2.39. The molecule has 1 atom stereocenters. The summed E-state index contributed by atoms with van der Waals surface area (Å²) in [5.74, 6) is 1.13. The SMILES string of the molecule is N#CC1=C(N)Oc2[nH+]c(-c3ccccc3)[nH]c2C1c1ccc[nH+]c1. The summed E-state index contributed by atoms with van der Waals surface area (Å²) >= 11 is 0. The minimum Gasteiger partial charge on any atom is -0.403 e. The first-order valence-electron chi connectivity index (χ1n) is 7.52. The van der Waals surface area contributed by atoms with Gasteiger partial charge < -0.3 is 10.5 Å². The van der Waals surface area contributed by atoms with Crippen LogP contribution in [0.5, 0.6) is 5.88 Å². The van der Waals surface area contributed by atoms with E-state index in [-0.39, 0.29) is 11.8 Å². The summed E-state index contributed by atoms with van der Waals surface area (Å²) in [4.78, 5) is 9.61. The molecule has 116 valence electrons. The number of nitrogens with zero attached hydrogens (tertiary/aromatic N) is 1. The number of imidazole rings is 1. The van der Waals surface area contributed by atoms with Gasteiger partial charge in [0, 0.05) is 11.6 Å². The first-order valence-corrected chi connectivity index (χ1v) is 7.52. The minimum absolute atomic E-state index is 0.119. The molecule has 0 aliphatic carbocycles. The fraction of sp³-hybridized carbons (Fsp3) is 0.0556.